The Hall–Kier alpha value is -0.120. The second kappa shape index (κ2) is 6.72. The van der Waals surface area contributed by atoms with Gasteiger partial charge in [0.2, 0.25) is 0 Å². The lowest BCUT2D eigenvalue weighted by Crippen LogP contribution is -2.46. The highest BCUT2D eigenvalue weighted by molar-refractivity contribution is 4.83. The second-order valence-corrected chi connectivity index (χ2v) is 5.87. The van der Waals surface area contributed by atoms with E-state index in [1.807, 2.05) is 0 Å². The van der Waals surface area contributed by atoms with Crippen LogP contribution in [0.25, 0.3) is 0 Å². The average molecular weight is 240 g/mol. The molecule has 0 saturated heterocycles. The normalized spacial score (nSPS) is 30.5. The molecule has 2 fully saturated rings. The zero-order valence-electron chi connectivity index (χ0n) is 11.2. The van der Waals surface area contributed by atoms with Crippen LogP contribution in [0.3, 0.4) is 0 Å². The SMILES string of the molecule is CN(CCOCC1CC1)C1CCCCCC1N. The van der Waals surface area contributed by atoms with Crippen LogP contribution in [0.5, 0.6) is 0 Å². The molecular formula is C14H28N2O. The Kier molecular flexibility index (Phi) is 5.26. The van der Waals surface area contributed by atoms with Crippen molar-refractivity contribution in [3.8, 4) is 0 Å². The molecule has 2 atom stereocenters. The van der Waals surface area contributed by atoms with E-state index in [4.69, 9.17) is 10.5 Å². The molecule has 0 aromatic rings. The number of nitrogens with zero attached hydrogens (tertiary/aromatic N) is 1. The van der Waals surface area contributed by atoms with E-state index < -0.39 is 0 Å². The molecule has 0 spiro atoms. The smallest absolute Gasteiger partial charge is 0.0593 e. The number of rotatable bonds is 6. The molecule has 2 aliphatic rings. The number of ether oxygens (including phenoxy) is 1. The molecule has 2 N–H and O–H groups in total. The number of hydrogen-bond donors (Lipinski definition) is 1. The Morgan fingerprint density at radius 3 is 2.65 bits per heavy atom. The minimum absolute atomic E-state index is 0.367. The summed E-state index contributed by atoms with van der Waals surface area (Å²) in [4.78, 5) is 2.42. The van der Waals surface area contributed by atoms with Gasteiger partial charge < -0.3 is 10.5 Å². The van der Waals surface area contributed by atoms with Crippen molar-refractivity contribution in [1.29, 1.82) is 0 Å². The van der Waals surface area contributed by atoms with E-state index in [1.165, 1.54) is 44.9 Å². The van der Waals surface area contributed by atoms with Crippen molar-refractivity contribution < 1.29 is 4.74 Å². The summed E-state index contributed by atoms with van der Waals surface area (Å²) in [7, 11) is 2.20. The summed E-state index contributed by atoms with van der Waals surface area (Å²) >= 11 is 0. The topological polar surface area (TPSA) is 38.5 Å². The molecule has 2 rings (SSSR count). The van der Waals surface area contributed by atoms with Crippen molar-refractivity contribution >= 4 is 0 Å². The van der Waals surface area contributed by atoms with Gasteiger partial charge in [-0.3, -0.25) is 4.90 Å². The van der Waals surface area contributed by atoms with E-state index in [1.54, 1.807) is 0 Å². The minimum atomic E-state index is 0.367. The van der Waals surface area contributed by atoms with E-state index in [0.717, 1.165) is 25.7 Å². The van der Waals surface area contributed by atoms with Gasteiger partial charge in [0.05, 0.1) is 6.61 Å². The summed E-state index contributed by atoms with van der Waals surface area (Å²) in [6, 6.07) is 0.938. The van der Waals surface area contributed by atoms with E-state index >= 15 is 0 Å². The van der Waals surface area contributed by atoms with Gasteiger partial charge in [-0.1, -0.05) is 19.3 Å². The van der Waals surface area contributed by atoms with Crippen molar-refractivity contribution in [3.05, 3.63) is 0 Å². The van der Waals surface area contributed by atoms with Gasteiger partial charge in [-0.15, -0.1) is 0 Å². The Morgan fingerprint density at radius 1 is 1.12 bits per heavy atom. The summed E-state index contributed by atoms with van der Waals surface area (Å²) in [5.41, 5.74) is 6.26. The lowest BCUT2D eigenvalue weighted by molar-refractivity contribution is 0.0851. The third-order valence-electron chi connectivity index (χ3n) is 4.24. The first-order chi connectivity index (χ1) is 8.27. The standard InChI is InChI=1S/C14H28N2O/c1-16(9-10-17-11-12-7-8-12)14-6-4-2-3-5-13(14)15/h12-14H,2-11,15H2,1H3. The first kappa shape index (κ1) is 13.3. The average Bonchev–Trinajstić information content (AvgIpc) is 3.12. The van der Waals surface area contributed by atoms with Crippen LogP contribution in [-0.2, 0) is 4.74 Å². The summed E-state index contributed by atoms with van der Waals surface area (Å²) in [6.45, 7) is 2.88. The number of nitrogens with two attached hydrogens (primary N) is 1. The fourth-order valence-electron chi connectivity index (χ4n) is 2.77. The second-order valence-electron chi connectivity index (χ2n) is 5.87. The van der Waals surface area contributed by atoms with Crippen molar-refractivity contribution in [1.82, 2.24) is 4.90 Å². The van der Waals surface area contributed by atoms with Gasteiger partial charge in [0.25, 0.3) is 0 Å². The molecule has 100 valence electrons. The Balaban J connectivity index is 1.63. The predicted octanol–water partition coefficient (Wildman–Crippen LogP) is 2.00. The quantitative estimate of drug-likeness (QED) is 0.570. The monoisotopic (exact) mass is 240 g/mol. The van der Waals surface area contributed by atoms with E-state index in [2.05, 4.69) is 11.9 Å². The lowest BCUT2D eigenvalue weighted by Gasteiger charge is -2.31. The fourth-order valence-corrected chi connectivity index (χ4v) is 2.77. The fraction of sp³-hybridized carbons (Fsp3) is 1.00. The molecule has 0 aromatic heterocycles. The van der Waals surface area contributed by atoms with Crippen molar-refractivity contribution in [2.75, 3.05) is 26.8 Å². The summed E-state index contributed by atoms with van der Waals surface area (Å²) in [5.74, 6) is 0.875. The van der Waals surface area contributed by atoms with Gasteiger partial charge in [-0.2, -0.15) is 0 Å². The summed E-state index contributed by atoms with van der Waals surface area (Å²) in [5, 5.41) is 0. The molecule has 0 aliphatic heterocycles. The van der Waals surface area contributed by atoms with E-state index in [9.17, 15) is 0 Å². The molecule has 2 aliphatic carbocycles. The van der Waals surface area contributed by atoms with Crippen LogP contribution in [0.4, 0.5) is 0 Å². The van der Waals surface area contributed by atoms with Crippen LogP contribution < -0.4 is 5.73 Å². The largest absolute Gasteiger partial charge is 0.380 e. The number of hydrogen-bond acceptors (Lipinski definition) is 3. The lowest BCUT2D eigenvalue weighted by atomic mass is 10.0. The predicted molar refractivity (Wildman–Crippen MR) is 71.0 cm³/mol. The molecule has 17 heavy (non-hydrogen) atoms. The maximum Gasteiger partial charge on any atom is 0.0593 e. The maximum absolute atomic E-state index is 6.26. The first-order valence-electron chi connectivity index (χ1n) is 7.31. The van der Waals surface area contributed by atoms with Crippen molar-refractivity contribution in [2.45, 2.75) is 57.0 Å². The van der Waals surface area contributed by atoms with Crippen molar-refractivity contribution in [2.24, 2.45) is 11.7 Å². The zero-order chi connectivity index (χ0) is 12.1. The summed E-state index contributed by atoms with van der Waals surface area (Å²) in [6.07, 6.45) is 9.22. The number of likely N-dealkylation sites (N-methyl/N-ethyl adjacent to an activating group) is 1. The Morgan fingerprint density at radius 2 is 1.88 bits per heavy atom. The molecule has 2 unspecified atom stereocenters. The highest BCUT2D eigenvalue weighted by Gasteiger charge is 2.24. The van der Waals surface area contributed by atoms with Crippen LogP contribution in [0.15, 0.2) is 0 Å². The zero-order valence-corrected chi connectivity index (χ0v) is 11.2. The van der Waals surface area contributed by atoms with Crippen LogP contribution in [0, 0.1) is 5.92 Å². The highest BCUT2D eigenvalue weighted by atomic mass is 16.5. The Bertz CT molecular complexity index is 218. The Labute approximate surface area is 106 Å². The molecule has 0 heterocycles. The molecule has 0 amide bonds. The molecule has 3 heteroatoms. The molecule has 0 aromatic carbocycles. The van der Waals surface area contributed by atoms with Crippen molar-refractivity contribution in [3.63, 3.8) is 0 Å². The first-order valence-corrected chi connectivity index (χ1v) is 7.31. The van der Waals surface area contributed by atoms with Gasteiger partial charge in [0.1, 0.15) is 0 Å². The minimum Gasteiger partial charge on any atom is -0.380 e. The van der Waals surface area contributed by atoms with Gasteiger partial charge in [-0.05, 0) is 38.6 Å². The maximum atomic E-state index is 6.26. The van der Waals surface area contributed by atoms with Gasteiger partial charge in [-0.25, -0.2) is 0 Å². The van der Waals surface area contributed by atoms with Crippen LogP contribution in [-0.4, -0.2) is 43.8 Å². The molecular weight excluding hydrogens is 212 g/mol. The molecule has 0 radical (unpaired) electrons. The van der Waals surface area contributed by atoms with Crippen LogP contribution >= 0.6 is 0 Å². The van der Waals surface area contributed by atoms with E-state index in [-0.39, 0.29) is 0 Å². The third-order valence-corrected chi connectivity index (χ3v) is 4.24. The van der Waals surface area contributed by atoms with Gasteiger partial charge in [0, 0.05) is 25.2 Å². The van der Waals surface area contributed by atoms with Gasteiger partial charge in [0.15, 0.2) is 0 Å². The van der Waals surface area contributed by atoms with E-state index in [0.29, 0.717) is 12.1 Å². The molecule has 3 nitrogen and oxygen atoms in total. The van der Waals surface area contributed by atoms with Gasteiger partial charge >= 0.3 is 0 Å². The van der Waals surface area contributed by atoms with Crippen LogP contribution in [0.1, 0.15) is 44.9 Å². The summed E-state index contributed by atoms with van der Waals surface area (Å²) < 4.78 is 5.70. The molecule has 2 saturated carbocycles. The third kappa shape index (κ3) is 4.57. The highest BCUT2D eigenvalue weighted by Crippen LogP contribution is 2.28. The molecule has 0 bridgehead atoms. The van der Waals surface area contributed by atoms with Crippen LogP contribution in [0.2, 0.25) is 0 Å².